The van der Waals surface area contributed by atoms with Gasteiger partial charge in [0.15, 0.2) is 0 Å². The van der Waals surface area contributed by atoms with Crippen LogP contribution in [0.1, 0.15) is 308 Å². The summed E-state index contributed by atoms with van der Waals surface area (Å²) in [4.78, 5) is 25.6. The second kappa shape index (κ2) is 44.6. The van der Waals surface area contributed by atoms with Crippen molar-refractivity contribution in [1.29, 1.82) is 0 Å². The van der Waals surface area contributed by atoms with E-state index >= 15 is 0 Å². The van der Waals surface area contributed by atoms with Crippen LogP contribution in [0.4, 0.5) is 0 Å². The zero-order chi connectivity index (χ0) is 58.7. The molecule has 0 bridgehead atoms. The van der Waals surface area contributed by atoms with Crippen LogP contribution in [0.15, 0.2) is 130 Å². The Kier molecular flexibility index (Phi) is 40.3. The summed E-state index contributed by atoms with van der Waals surface area (Å²) in [5.41, 5.74) is 8.65. The Hall–Kier alpha value is -3.92. The van der Waals surface area contributed by atoms with Crippen LogP contribution in [-0.2, 0) is 19.1 Å². The predicted molar refractivity (Wildman–Crippen MR) is 351 cm³/mol. The van der Waals surface area contributed by atoms with Gasteiger partial charge in [0.2, 0.25) is 0 Å². The summed E-state index contributed by atoms with van der Waals surface area (Å²) < 4.78 is 12.1. The van der Waals surface area contributed by atoms with E-state index in [1.807, 2.05) is 0 Å². The molecule has 4 heteroatoms. The van der Waals surface area contributed by atoms with Crippen molar-refractivity contribution in [3.05, 3.63) is 130 Å². The molecular weight excluding hydrogens is 977 g/mol. The van der Waals surface area contributed by atoms with Gasteiger partial charge in [-0.25, -0.2) is 0 Å². The topological polar surface area (TPSA) is 52.6 Å². The summed E-state index contributed by atoms with van der Waals surface area (Å²) in [5.74, 6) is 0.227. The summed E-state index contributed by atoms with van der Waals surface area (Å²) in [5, 5.41) is 0. The zero-order valence-electron chi connectivity index (χ0n) is 54.3. The maximum atomic E-state index is 12.8. The second-order valence-corrected chi connectivity index (χ2v) is 26.0. The number of esters is 2. The molecule has 2 aliphatic carbocycles. The standard InChI is InChI=1S/C76H124O4/c1-13-15-17-19-21-23-25-27-29-31-33-35-37-39-41-53-73(77)79-69-59-67(7)71(75(9,10)61-69)57-55-65(5)51-45-49-63(3)47-43-44-48-64(4)50-46-52-66(6)56-58-72-68(8)60-70(62-76(72,11)12)80-74(78)54-42-40-38-36-34-32-30-28-26-24-22-20-18-16-14-2/h43-52,55-59,69-71H,13-42,53-54,60-62H2,1-12H3/b44-43+,49-45+,50-46+,57-55+,58-56+,63-47+,64-48+,65-51+,66-52+/t69-,70+,71-/m0/s1. The molecule has 2 aliphatic rings. The second-order valence-electron chi connectivity index (χ2n) is 26.0. The number of unbranched alkanes of at least 4 members (excludes halogenated alkanes) is 28. The number of rotatable bonds is 44. The quantitative estimate of drug-likeness (QED) is 0.0264. The van der Waals surface area contributed by atoms with E-state index in [1.165, 1.54) is 206 Å². The van der Waals surface area contributed by atoms with E-state index in [2.05, 4.69) is 174 Å². The molecule has 0 N–H and O–H groups in total. The van der Waals surface area contributed by atoms with E-state index in [4.69, 9.17) is 9.47 Å². The fraction of sp³-hybridized carbons (Fsp3) is 0.684. The first-order chi connectivity index (χ1) is 38.5. The number of ether oxygens (including phenoxy) is 2. The molecular formula is C76H124O4. The molecule has 0 saturated heterocycles. The normalized spacial score (nSPS) is 19.4. The lowest BCUT2D eigenvalue weighted by molar-refractivity contribution is -0.151. The van der Waals surface area contributed by atoms with Gasteiger partial charge in [-0.1, -0.05) is 340 Å². The van der Waals surface area contributed by atoms with Crippen LogP contribution >= 0.6 is 0 Å². The van der Waals surface area contributed by atoms with Gasteiger partial charge in [0.1, 0.15) is 12.2 Å². The highest BCUT2D eigenvalue weighted by molar-refractivity contribution is 5.70. The molecule has 4 nitrogen and oxygen atoms in total. The Labute approximate surface area is 495 Å². The predicted octanol–water partition coefficient (Wildman–Crippen LogP) is 24.0. The Morgan fingerprint density at radius 2 is 0.838 bits per heavy atom. The minimum absolute atomic E-state index is 0.00631. The van der Waals surface area contributed by atoms with Crippen molar-refractivity contribution in [2.45, 2.75) is 320 Å². The summed E-state index contributed by atoms with van der Waals surface area (Å²) in [6.07, 6.45) is 75.7. The zero-order valence-corrected chi connectivity index (χ0v) is 54.3. The van der Waals surface area contributed by atoms with Gasteiger partial charge in [-0.05, 0) is 89.7 Å². The van der Waals surface area contributed by atoms with E-state index < -0.39 is 0 Å². The van der Waals surface area contributed by atoms with Gasteiger partial charge in [-0.15, -0.1) is 0 Å². The van der Waals surface area contributed by atoms with Crippen molar-refractivity contribution < 1.29 is 19.1 Å². The first-order valence-corrected chi connectivity index (χ1v) is 33.3. The molecule has 0 fully saturated rings. The van der Waals surface area contributed by atoms with E-state index in [0.717, 1.165) is 44.9 Å². The number of allylic oxidation sites excluding steroid dienone is 20. The third-order valence-electron chi connectivity index (χ3n) is 16.8. The van der Waals surface area contributed by atoms with Crippen LogP contribution in [0.25, 0.3) is 0 Å². The first-order valence-electron chi connectivity index (χ1n) is 33.3. The molecule has 0 aromatic carbocycles. The molecule has 452 valence electrons. The van der Waals surface area contributed by atoms with Gasteiger partial charge in [0.05, 0.1) is 0 Å². The van der Waals surface area contributed by atoms with Crippen LogP contribution in [0.2, 0.25) is 0 Å². The largest absolute Gasteiger partial charge is 0.462 e. The smallest absolute Gasteiger partial charge is 0.306 e. The van der Waals surface area contributed by atoms with Crippen LogP contribution in [0, 0.1) is 16.7 Å². The van der Waals surface area contributed by atoms with Crippen LogP contribution in [0.3, 0.4) is 0 Å². The van der Waals surface area contributed by atoms with Crippen molar-refractivity contribution in [1.82, 2.24) is 0 Å². The molecule has 0 amide bonds. The minimum atomic E-state index is -0.144. The third kappa shape index (κ3) is 35.8. The van der Waals surface area contributed by atoms with Gasteiger partial charge < -0.3 is 9.47 Å². The fourth-order valence-corrected chi connectivity index (χ4v) is 12.0. The van der Waals surface area contributed by atoms with E-state index in [-0.39, 0.29) is 35.0 Å². The number of carbonyl (C=O) groups excluding carboxylic acids is 2. The van der Waals surface area contributed by atoms with Gasteiger partial charge in [-0.2, -0.15) is 0 Å². The maximum absolute atomic E-state index is 12.8. The maximum Gasteiger partial charge on any atom is 0.306 e. The Balaban J connectivity index is 1.69. The molecule has 3 atom stereocenters. The molecule has 0 unspecified atom stereocenters. The van der Waals surface area contributed by atoms with Crippen molar-refractivity contribution in [3.63, 3.8) is 0 Å². The van der Waals surface area contributed by atoms with Crippen molar-refractivity contribution in [3.8, 4) is 0 Å². The van der Waals surface area contributed by atoms with Gasteiger partial charge in [0, 0.05) is 25.2 Å². The molecule has 0 saturated carbocycles. The summed E-state index contributed by atoms with van der Waals surface area (Å²) in [6.45, 7) is 26.7. The summed E-state index contributed by atoms with van der Waals surface area (Å²) >= 11 is 0. The molecule has 0 spiro atoms. The molecule has 0 aromatic heterocycles. The van der Waals surface area contributed by atoms with Gasteiger partial charge >= 0.3 is 11.9 Å². The van der Waals surface area contributed by atoms with E-state index in [9.17, 15) is 9.59 Å². The lowest BCUT2D eigenvalue weighted by atomic mass is 9.67. The number of carbonyl (C=O) groups is 2. The average Bonchev–Trinajstić information content (AvgIpc) is 3.40. The summed E-state index contributed by atoms with van der Waals surface area (Å²) in [7, 11) is 0. The SMILES string of the molecule is CCCCCCCCCCCCCCCCCC(=O)O[C@@H]1CC(C)=C(/C=C/C(C)=C/C=C/C(C)=C/C=C/C=C(C)/C=C/C=C(C)/C=C/[C@H]2C(C)=C[C@H](OC(=O)CCCCCCCCCCCCCCCCC)CC2(C)C)C(C)(C)C1. The van der Waals surface area contributed by atoms with Crippen molar-refractivity contribution in [2.24, 2.45) is 16.7 Å². The highest BCUT2D eigenvalue weighted by atomic mass is 16.5. The molecule has 2 rings (SSSR count). The molecule has 80 heavy (non-hydrogen) atoms. The molecule has 0 aliphatic heterocycles. The Bertz CT molecular complexity index is 2050. The Morgan fingerprint density at radius 3 is 1.24 bits per heavy atom. The van der Waals surface area contributed by atoms with Crippen molar-refractivity contribution in [2.75, 3.05) is 0 Å². The fourth-order valence-electron chi connectivity index (χ4n) is 12.0. The van der Waals surface area contributed by atoms with Gasteiger partial charge in [-0.3, -0.25) is 9.59 Å². The van der Waals surface area contributed by atoms with E-state index in [1.54, 1.807) is 0 Å². The number of hydrogen-bond donors (Lipinski definition) is 0. The lowest BCUT2D eigenvalue weighted by Crippen LogP contribution is -2.34. The highest BCUT2D eigenvalue weighted by Crippen LogP contribution is 2.44. The third-order valence-corrected chi connectivity index (χ3v) is 16.8. The average molecular weight is 1100 g/mol. The van der Waals surface area contributed by atoms with Crippen LogP contribution in [-0.4, -0.2) is 24.1 Å². The minimum Gasteiger partial charge on any atom is -0.462 e. The summed E-state index contributed by atoms with van der Waals surface area (Å²) in [6, 6.07) is 0. The Morgan fingerprint density at radius 1 is 0.475 bits per heavy atom. The van der Waals surface area contributed by atoms with E-state index in [0.29, 0.717) is 18.8 Å². The molecule has 0 heterocycles. The highest BCUT2D eigenvalue weighted by Gasteiger charge is 2.37. The molecule has 0 aromatic rings. The van der Waals surface area contributed by atoms with Crippen LogP contribution in [0.5, 0.6) is 0 Å². The van der Waals surface area contributed by atoms with Gasteiger partial charge in [0.25, 0.3) is 0 Å². The van der Waals surface area contributed by atoms with Crippen LogP contribution < -0.4 is 0 Å². The number of hydrogen-bond acceptors (Lipinski definition) is 4. The lowest BCUT2D eigenvalue weighted by Gasteiger charge is -2.40. The first kappa shape index (κ1) is 72.2. The van der Waals surface area contributed by atoms with Crippen molar-refractivity contribution >= 4 is 11.9 Å². The monoisotopic (exact) mass is 1100 g/mol. The molecule has 0 radical (unpaired) electrons.